The van der Waals surface area contributed by atoms with Gasteiger partial charge in [0.2, 0.25) is 0 Å². The molecule has 1 heterocycles. The zero-order valence-electron chi connectivity index (χ0n) is 28.3. The molecule has 0 radical (unpaired) electrons. The lowest BCUT2D eigenvalue weighted by Crippen LogP contribution is -2.27. The van der Waals surface area contributed by atoms with Crippen molar-refractivity contribution in [2.75, 3.05) is 40.1 Å². The van der Waals surface area contributed by atoms with Gasteiger partial charge in [0.25, 0.3) is 0 Å². The number of benzene rings is 1. The summed E-state index contributed by atoms with van der Waals surface area (Å²) >= 11 is 0. The van der Waals surface area contributed by atoms with E-state index in [4.69, 9.17) is 32.5 Å². The molecule has 0 aromatic heterocycles. The Balaban J connectivity index is 1.56. The van der Waals surface area contributed by atoms with Gasteiger partial charge >= 0.3 is 7.82 Å². The monoisotopic (exact) mass is 642 g/mol. The van der Waals surface area contributed by atoms with Gasteiger partial charge in [0.15, 0.2) is 5.79 Å². The summed E-state index contributed by atoms with van der Waals surface area (Å²) in [7, 11) is -2.48. The molecule has 1 unspecified atom stereocenters. The Labute approximate surface area is 268 Å². The van der Waals surface area contributed by atoms with Crippen molar-refractivity contribution < 1.29 is 37.1 Å². The lowest BCUT2D eigenvalue weighted by Gasteiger charge is -2.22. The van der Waals surface area contributed by atoms with E-state index in [1.807, 2.05) is 44.2 Å². The van der Waals surface area contributed by atoms with Gasteiger partial charge in [-0.3, -0.25) is 13.6 Å². The summed E-state index contributed by atoms with van der Waals surface area (Å²) in [4.78, 5) is 0. The second kappa shape index (κ2) is 24.4. The molecule has 0 saturated carbocycles. The predicted octanol–water partition coefficient (Wildman–Crippen LogP) is 9.79. The fraction of sp³-hybridized carbons (Fsp3) is 0.829. The fourth-order valence-corrected chi connectivity index (χ4v) is 6.22. The Morgan fingerprint density at radius 2 is 1.39 bits per heavy atom. The van der Waals surface area contributed by atoms with Gasteiger partial charge in [0.05, 0.1) is 33.0 Å². The number of phosphoric ester groups is 1. The van der Waals surface area contributed by atoms with Gasteiger partial charge in [-0.05, 0) is 25.8 Å². The zero-order valence-corrected chi connectivity index (χ0v) is 29.2. The van der Waals surface area contributed by atoms with E-state index in [1.54, 1.807) is 0 Å². The van der Waals surface area contributed by atoms with Crippen molar-refractivity contribution in [3.63, 3.8) is 0 Å². The van der Waals surface area contributed by atoms with E-state index in [-0.39, 0.29) is 19.3 Å². The highest BCUT2D eigenvalue weighted by Crippen LogP contribution is 2.49. The highest BCUT2D eigenvalue weighted by Gasteiger charge is 2.36. The smallest absolute Gasteiger partial charge is 0.379 e. The number of phosphoric acid groups is 1. The minimum atomic E-state index is -3.79. The molecule has 9 heteroatoms. The lowest BCUT2D eigenvalue weighted by atomic mass is 10.0. The molecule has 1 saturated heterocycles. The van der Waals surface area contributed by atoms with Crippen molar-refractivity contribution in [3.05, 3.63) is 35.9 Å². The molecule has 1 aliphatic rings. The molecule has 0 N–H and O–H groups in total. The van der Waals surface area contributed by atoms with E-state index < -0.39 is 19.7 Å². The van der Waals surface area contributed by atoms with Crippen molar-refractivity contribution in [3.8, 4) is 0 Å². The van der Waals surface area contributed by atoms with Gasteiger partial charge in [-0.25, -0.2) is 4.57 Å². The van der Waals surface area contributed by atoms with Crippen molar-refractivity contribution in [1.82, 2.24) is 0 Å². The molecule has 1 aromatic rings. The summed E-state index contributed by atoms with van der Waals surface area (Å²) in [6.07, 6.45) is 20.7. The first-order valence-electron chi connectivity index (χ1n) is 17.4. The van der Waals surface area contributed by atoms with Crippen LogP contribution in [0.15, 0.2) is 30.3 Å². The summed E-state index contributed by atoms with van der Waals surface area (Å²) in [5.74, 6) is -0.688. The molecular weight excluding hydrogens is 579 g/mol. The van der Waals surface area contributed by atoms with Crippen molar-refractivity contribution >= 4 is 7.82 Å². The van der Waals surface area contributed by atoms with Crippen molar-refractivity contribution in [2.24, 2.45) is 0 Å². The van der Waals surface area contributed by atoms with Crippen LogP contribution in [0.2, 0.25) is 0 Å². The maximum absolute atomic E-state index is 13.1. The second-order valence-corrected chi connectivity index (χ2v) is 14.2. The molecule has 3 atom stereocenters. The van der Waals surface area contributed by atoms with Crippen LogP contribution in [0.1, 0.15) is 129 Å². The Morgan fingerprint density at radius 3 is 1.91 bits per heavy atom. The van der Waals surface area contributed by atoms with E-state index in [9.17, 15) is 4.57 Å². The summed E-state index contributed by atoms with van der Waals surface area (Å²) < 4.78 is 52.6. The lowest BCUT2D eigenvalue weighted by molar-refractivity contribution is -0.142. The highest BCUT2D eigenvalue weighted by molar-refractivity contribution is 7.48. The van der Waals surface area contributed by atoms with Crippen LogP contribution in [0.3, 0.4) is 0 Å². The van der Waals surface area contributed by atoms with Gasteiger partial charge in [-0.2, -0.15) is 0 Å². The first kappa shape index (κ1) is 39.3. The van der Waals surface area contributed by atoms with Gasteiger partial charge in [-0.1, -0.05) is 134 Å². The van der Waals surface area contributed by atoms with E-state index in [0.29, 0.717) is 26.4 Å². The molecule has 44 heavy (non-hydrogen) atoms. The van der Waals surface area contributed by atoms with Crippen molar-refractivity contribution in [1.29, 1.82) is 0 Å². The van der Waals surface area contributed by atoms with Crippen LogP contribution in [-0.2, 0) is 43.7 Å². The van der Waals surface area contributed by atoms with Gasteiger partial charge in [0, 0.05) is 13.7 Å². The largest absolute Gasteiger partial charge is 0.474 e. The first-order chi connectivity index (χ1) is 21.4. The zero-order chi connectivity index (χ0) is 31.8. The van der Waals surface area contributed by atoms with Gasteiger partial charge in [-0.15, -0.1) is 0 Å². The summed E-state index contributed by atoms with van der Waals surface area (Å²) in [6.45, 7) is 7.75. The third-order valence-electron chi connectivity index (χ3n) is 7.90. The predicted molar refractivity (Wildman–Crippen MR) is 177 cm³/mol. The average molecular weight is 643 g/mol. The quantitative estimate of drug-likeness (QED) is 0.0631. The minimum Gasteiger partial charge on any atom is -0.379 e. The molecule has 1 aromatic carbocycles. The number of rotatable bonds is 29. The molecule has 0 bridgehead atoms. The van der Waals surface area contributed by atoms with E-state index in [0.717, 1.165) is 12.0 Å². The highest BCUT2D eigenvalue weighted by atomic mass is 31.2. The number of hydrogen-bond donors (Lipinski definition) is 0. The standard InChI is InChI=1S/C35H63O8P/c1-5-6-7-8-9-10-11-12-13-14-15-16-17-18-19-23-26-38-28-33(39-27-32-24-21-20-22-25-32)30-41-44(36,37-4)42-31-34-29-40-35(2,3)43-34/h20-22,24-25,33-34H,5-19,23,26-31H2,1-4H3/t33-,34+,44?/m1/s1. The van der Waals surface area contributed by atoms with E-state index in [2.05, 4.69) is 6.92 Å². The van der Waals surface area contributed by atoms with Gasteiger partial charge < -0.3 is 18.9 Å². The topological polar surface area (TPSA) is 81.7 Å². The van der Waals surface area contributed by atoms with Crippen molar-refractivity contribution in [2.45, 2.75) is 148 Å². The molecule has 256 valence electrons. The third-order valence-corrected chi connectivity index (χ3v) is 9.28. The molecular formula is C35H63O8P. The van der Waals surface area contributed by atoms with Crippen LogP contribution in [0.5, 0.6) is 0 Å². The normalized spacial score (nSPS) is 18.4. The first-order valence-corrected chi connectivity index (χ1v) is 18.8. The second-order valence-electron chi connectivity index (χ2n) is 12.5. The SMILES string of the molecule is CCCCCCCCCCCCCCCCCCOC[C@H](COP(=O)(OC)OC[C@@H]1COC(C)(C)O1)OCc1ccccc1. The Kier molecular flexibility index (Phi) is 21.8. The van der Waals surface area contributed by atoms with E-state index in [1.165, 1.54) is 103 Å². The van der Waals surface area contributed by atoms with Crippen LogP contribution in [0.4, 0.5) is 0 Å². The molecule has 8 nitrogen and oxygen atoms in total. The van der Waals surface area contributed by atoms with Crippen LogP contribution >= 0.6 is 7.82 Å². The molecule has 0 spiro atoms. The maximum atomic E-state index is 13.1. The molecule has 1 aliphatic heterocycles. The third kappa shape index (κ3) is 19.6. The number of hydrogen-bond acceptors (Lipinski definition) is 8. The maximum Gasteiger partial charge on any atom is 0.474 e. The van der Waals surface area contributed by atoms with Crippen LogP contribution in [-0.4, -0.2) is 58.1 Å². The number of unbranched alkanes of at least 4 members (excludes halogenated alkanes) is 15. The Hall–Kier alpha value is -0.830. The number of ether oxygens (including phenoxy) is 4. The van der Waals surface area contributed by atoms with Crippen LogP contribution in [0.25, 0.3) is 0 Å². The molecule has 0 aliphatic carbocycles. The molecule has 1 fully saturated rings. The summed E-state index contributed by atoms with van der Waals surface area (Å²) in [5, 5.41) is 0. The summed E-state index contributed by atoms with van der Waals surface area (Å²) in [5.41, 5.74) is 1.04. The van der Waals surface area contributed by atoms with Crippen LogP contribution in [0, 0.1) is 0 Å². The molecule has 0 amide bonds. The van der Waals surface area contributed by atoms with E-state index >= 15 is 0 Å². The molecule has 2 rings (SSSR count). The summed E-state index contributed by atoms with van der Waals surface area (Å²) in [6, 6.07) is 9.92. The van der Waals surface area contributed by atoms with Gasteiger partial charge in [0.1, 0.15) is 12.2 Å². The fourth-order valence-electron chi connectivity index (χ4n) is 5.24. The Bertz CT molecular complexity index is 852. The Morgan fingerprint density at radius 1 is 0.818 bits per heavy atom. The van der Waals surface area contributed by atoms with Crippen LogP contribution < -0.4 is 0 Å². The minimum absolute atomic E-state index is 0.0183. The average Bonchev–Trinajstić information content (AvgIpc) is 3.39.